The number of ether oxygens (including phenoxy) is 2. The van der Waals surface area contributed by atoms with Crippen LogP contribution in [0.4, 0.5) is 5.88 Å². The molecule has 0 unspecified atom stereocenters. The third-order valence-corrected chi connectivity index (χ3v) is 5.16. The van der Waals surface area contributed by atoms with Crippen molar-refractivity contribution in [3.05, 3.63) is 58.9 Å². The summed E-state index contributed by atoms with van der Waals surface area (Å²) in [5.74, 6) is 1.90. The predicted molar refractivity (Wildman–Crippen MR) is 106 cm³/mol. The molecule has 1 aliphatic rings. The second kappa shape index (κ2) is 8.45. The van der Waals surface area contributed by atoms with Crippen LogP contribution < -0.4 is 15.1 Å². The molecule has 0 saturated carbocycles. The van der Waals surface area contributed by atoms with Crippen LogP contribution in [0.1, 0.15) is 0 Å². The van der Waals surface area contributed by atoms with Crippen molar-refractivity contribution in [1.29, 1.82) is 0 Å². The molecule has 0 N–H and O–H groups in total. The van der Waals surface area contributed by atoms with Crippen LogP contribution in [-0.4, -0.2) is 43.6 Å². The molecule has 3 aromatic rings. The molecule has 1 saturated heterocycles. The van der Waals surface area contributed by atoms with Gasteiger partial charge in [0.2, 0.25) is 0 Å². The lowest BCUT2D eigenvalue weighted by Crippen LogP contribution is -2.36. The molecule has 3 heterocycles. The lowest BCUT2D eigenvalue weighted by Gasteiger charge is -2.27. The molecular formula is C20H20N2O4S. The molecule has 1 aromatic carbocycles. The predicted octanol–water partition coefficient (Wildman–Crippen LogP) is 3.20. The first-order chi connectivity index (χ1) is 13.3. The van der Waals surface area contributed by atoms with E-state index in [1.165, 1.54) is 0 Å². The average molecular weight is 384 g/mol. The number of rotatable bonds is 6. The van der Waals surface area contributed by atoms with E-state index in [-0.39, 0.29) is 5.43 Å². The molecule has 4 rings (SSSR count). The van der Waals surface area contributed by atoms with Crippen LogP contribution in [0, 0.1) is 0 Å². The van der Waals surface area contributed by atoms with Crippen molar-refractivity contribution in [2.45, 2.75) is 5.03 Å². The minimum atomic E-state index is -0.0638. The number of hydrogen-bond acceptors (Lipinski definition) is 7. The van der Waals surface area contributed by atoms with E-state index in [1.807, 2.05) is 35.2 Å². The zero-order valence-corrected chi connectivity index (χ0v) is 15.6. The number of thioether (sulfide) groups is 1. The van der Waals surface area contributed by atoms with E-state index < -0.39 is 0 Å². The van der Waals surface area contributed by atoms with Gasteiger partial charge in [-0.15, -0.1) is 11.8 Å². The van der Waals surface area contributed by atoms with Crippen LogP contribution >= 0.6 is 11.8 Å². The van der Waals surface area contributed by atoms with E-state index in [0.717, 1.165) is 10.8 Å². The summed E-state index contributed by atoms with van der Waals surface area (Å²) in [6, 6.07) is 12.8. The minimum absolute atomic E-state index is 0.0638. The second-order valence-corrected chi connectivity index (χ2v) is 7.16. The first kappa shape index (κ1) is 17.9. The zero-order chi connectivity index (χ0) is 18.5. The number of hydrogen-bond donors (Lipinski definition) is 0. The van der Waals surface area contributed by atoms with Gasteiger partial charge in [0.25, 0.3) is 0 Å². The molecule has 140 valence electrons. The minimum Gasteiger partial charge on any atom is -0.489 e. The monoisotopic (exact) mass is 384 g/mol. The van der Waals surface area contributed by atoms with Gasteiger partial charge in [-0.05, 0) is 24.3 Å². The van der Waals surface area contributed by atoms with Crippen molar-refractivity contribution >= 4 is 28.6 Å². The largest absolute Gasteiger partial charge is 0.489 e. The molecule has 6 nitrogen and oxygen atoms in total. The Labute approximate surface area is 161 Å². The van der Waals surface area contributed by atoms with Crippen molar-refractivity contribution in [3.63, 3.8) is 0 Å². The summed E-state index contributed by atoms with van der Waals surface area (Å²) in [5.41, 5.74) is 0.431. The maximum absolute atomic E-state index is 12.5. The molecule has 27 heavy (non-hydrogen) atoms. The molecule has 0 bridgehead atoms. The maximum Gasteiger partial charge on any atom is 0.200 e. The van der Waals surface area contributed by atoms with Gasteiger partial charge in [0.05, 0.1) is 30.2 Å². The third-order valence-electron chi connectivity index (χ3n) is 4.26. The summed E-state index contributed by atoms with van der Waals surface area (Å²) in [4.78, 5) is 18.8. The Morgan fingerprint density at radius 1 is 1.15 bits per heavy atom. The standard InChI is InChI=1S/C20H20N2O4S/c23-16-14-19(22-8-10-24-11-9-22)26-20-15(16)4-3-5-17(20)25-12-13-27-18-6-1-2-7-21-18/h1-7,14H,8-13H2. The summed E-state index contributed by atoms with van der Waals surface area (Å²) in [7, 11) is 0. The van der Waals surface area contributed by atoms with Crippen LogP contribution in [0.25, 0.3) is 11.0 Å². The van der Waals surface area contributed by atoms with Gasteiger partial charge in [-0.25, -0.2) is 4.98 Å². The molecule has 2 aromatic heterocycles. The fourth-order valence-corrected chi connectivity index (χ4v) is 3.61. The molecule has 1 fully saturated rings. The third kappa shape index (κ3) is 4.26. The van der Waals surface area contributed by atoms with Crippen molar-refractivity contribution < 1.29 is 13.9 Å². The lowest BCUT2D eigenvalue weighted by atomic mass is 10.2. The van der Waals surface area contributed by atoms with E-state index in [2.05, 4.69) is 4.98 Å². The van der Waals surface area contributed by atoms with Crippen LogP contribution in [0.2, 0.25) is 0 Å². The van der Waals surface area contributed by atoms with Crippen LogP contribution in [0.3, 0.4) is 0 Å². The van der Waals surface area contributed by atoms with Crippen molar-refractivity contribution in [2.24, 2.45) is 0 Å². The van der Waals surface area contributed by atoms with Crippen molar-refractivity contribution in [3.8, 4) is 5.75 Å². The Balaban J connectivity index is 1.51. The SMILES string of the molecule is O=c1cc(N2CCOCC2)oc2c(OCCSc3ccccn3)cccc12. The number of para-hydroxylation sites is 1. The molecule has 0 radical (unpaired) electrons. The number of fused-ring (bicyclic) bond motifs is 1. The summed E-state index contributed by atoms with van der Waals surface area (Å²) in [6.45, 7) is 3.16. The van der Waals surface area contributed by atoms with Crippen LogP contribution in [0.15, 0.2) is 62.9 Å². The summed E-state index contributed by atoms with van der Waals surface area (Å²) in [6.07, 6.45) is 1.77. The molecule has 0 spiro atoms. The lowest BCUT2D eigenvalue weighted by molar-refractivity contribution is 0.120. The van der Waals surface area contributed by atoms with E-state index in [4.69, 9.17) is 13.9 Å². The number of aromatic nitrogens is 1. The second-order valence-electron chi connectivity index (χ2n) is 6.05. The first-order valence-electron chi connectivity index (χ1n) is 8.87. The summed E-state index contributed by atoms with van der Waals surface area (Å²) < 4.78 is 17.3. The first-order valence-corrected chi connectivity index (χ1v) is 9.86. The van der Waals surface area contributed by atoms with Gasteiger partial charge in [-0.1, -0.05) is 12.1 Å². The molecular weight excluding hydrogens is 364 g/mol. The quantitative estimate of drug-likeness (QED) is 0.478. The number of morpholine rings is 1. The van der Waals surface area contributed by atoms with Gasteiger partial charge >= 0.3 is 0 Å². The van der Waals surface area contributed by atoms with E-state index in [1.54, 1.807) is 30.1 Å². The van der Waals surface area contributed by atoms with Gasteiger partial charge in [0.1, 0.15) is 0 Å². The van der Waals surface area contributed by atoms with Gasteiger partial charge in [-0.2, -0.15) is 0 Å². The maximum atomic E-state index is 12.5. The van der Waals surface area contributed by atoms with Gasteiger partial charge in [0.15, 0.2) is 22.6 Å². The van der Waals surface area contributed by atoms with Gasteiger partial charge < -0.3 is 18.8 Å². The zero-order valence-electron chi connectivity index (χ0n) is 14.8. The Bertz CT molecular complexity index is 955. The number of anilines is 1. The molecule has 1 aliphatic heterocycles. The Hall–Kier alpha value is -2.51. The van der Waals surface area contributed by atoms with E-state index in [9.17, 15) is 4.79 Å². The molecule has 7 heteroatoms. The number of pyridine rings is 1. The highest BCUT2D eigenvalue weighted by atomic mass is 32.2. The Morgan fingerprint density at radius 3 is 2.85 bits per heavy atom. The highest BCUT2D eigenvalue weighted by molar-refractivity contribution is 7.99. The Kier molecular flexibility index (Phi) is 5.60. The number of benzene rings is 1. The number of nitrogens with zero attached hydrogens (tertiary/aromatic N) is 2. The topological polar surface area (TPSA) is 64.8 Å². The fourth-order valence-electron chi connectivity index (χ4n) is 2.92. The van der Waals surface area contributed by atoms with Crippen LogP contribution in [0.5, 0.6) is 5.75 Å². The smallest absolute Gasteiger partial charge is 0.200 e. The fraction of sp³-hybridized carbons (Fsp3) is 0.300. The highest BCUT2D eigenvalue weighted by Gasteiger charge is 2.17. The van der Waals surface area contributed by atoms with Gasteiger partial charge in [-0.3, -0.25) is 4.79 Å². The normalized spacial score (nSPS) is 14.4. The van der Waals surface area contributed by atoms with Gasteiger partial charge in [0, 0.05) is 31.1 Å². The summed E-state index contributed by atoms with van der Waals surface area (Å²) in [5, 5.41) is 1.49. The van der Waals surface area contributed by atoms with E-state index in [0.29, 0.717) is 55.5 Å². The van der Waals surface area contributed by atoms with Crippen LogP contribution in [-0.2, 0) is 4.74 Å². The average Bonchev–Trinajstić information content (AvgIpc) is 2.73. The molecule has 0 aliphatic carbocycles. The summed E-state index contributed by atoms with van der Waals surface area (Å²) >= 11 is 1.62. The van der Waals surface area contributed by atoms with E-state index >= 15 is 0 Å². The molecule has 0 amide bonds. The van der Waals surface area contributed by atoms with Crippen molar-refractivity contribution in [2.75, 3.05) is 43.6 Å². The molecule has 0 atom stereocenters. The van der Waals surface area contributed by atoms with Crippen molar-refractivity contribution in [1.82, 2.24) is 4.98 Å². The highest BCUT2D eigenvalue weighted by Crippen LogP contribution is 2.28. The Morgan fingerprint density at radius 2 is 2.04 bits per heavy atom.